The summed E-state index contributed by atoms with van der Waals surface area (Å²) in [5.41, 5.74) is 45.7. The van der Waals surface area contributed by atoms with Crippen LogP contribution in [-0.4, -0.2) is 192 Å². The lowest BCUT2D eigenvalue weighted by atomic mass is 10.0. The largest absolute Gasteiger partial charge is 0.480 e. The second kappa shape index (κ2) is 38.9. The van der Waals surface area contributed by atoms with Crippen molar-refractivity contribution in [2.45, 2.75) is 131 Å². The summed E-state index contributed by atoms with van der Waals surface area (Å²) in [6.07, 6.45) is 0.0123. The monoisotopic (exact) mass is 1280 g/mol. The molecule has 1 heterocycles. The first-order valence-corrected chi connectivity index (χ1v) is 29.7. The number of aliphatic hydroxyl groups is 1. The number of carboxylic acid groups (broad SMARTS) is 1. The summed E-state index contributed by atoms with van der Waals surface area (Å²) in [5, 5.41) is 40.6. The van der Waals surface area contributed by atoms with Gasteiger partial charge in [-0.3, -0.25) is 62.9 Å². The van der Waals surface area contributed by atoms with Gasteiger partial charge in [-0.25, -0.2) is 4.79 Å². The zero-order valence-corrected chi connectivity index (χ0v) is 50.9. The molecule has 10 amide bonds. The van der Waals surface area contributed by atoms with Gasteiger partial charge in [0.15, 0.2) is 17.9 Å². The van der Waals surface area contributed by atoms with E-state index < -0.39 is 139 Å². The second-order valence-corrected chi connectivity index (χ2v) is 21.6. The van der Waals surface area contributed by atoms with Gasteiger partial charge in [0.2, 0.25) is 59.1 Å². The Kier molecular flexibility index (Phi) is 31.3. The van der Waals surface area contributed by atoms with Gasteiger partial charge >= 0.3 is 5.97 Å². The van der Waals surface area contributed by atoms with E-state index in [4.69, 9.17) is 45.9 Å². The molecule has 4 rings (SSSR count). The van der Waals surface area contributed by atoms with Crippen molar-refractivity contribution in [2.75, 3.05) is 39.3 Å². The number of aliphatic imine (C=N–C) groups is 3. The topological polar surface area (TPSA) is 573 Å². The Morgan fingerprint density at radius 2 is 0.891 bits per heavy atom. The number of primary amides is 1. The molecule has 0 aromatic heterocycles. The van der Waals surface area contributed by atoms with Gasteiger partial charge in [-0.2, -0.15) is 0 Å². The Labute approximate surface area is 530 Å². The molecule has 0 bridgehead atoms. The highest BCUT2D eigenvalue weighted by atomic mass is 16.4. The molecule has 0 aliphatic carbocycles. The van der Waals surface area contributed by atoms with Gasteiger partial charge in [-0.1, -0.05) is 91.0 Å². The van der Waals surface area contributed by atoms with Crippen LogP contribution in [0.4, 0.5) is 0 Å². The van der Waals surface area contributed by atoms with Gasteiger partial charge in [0.25, 0.3) is 0 Å². The molecule has 3 aromatic rings. The molecule has 33 heteroatoms. The van der Waals surface area contributed by atoms with Crippen molar-refractivity contribution in [3.05, 3.63) is 108 Å². The average molecular weight is 1280 g/mol. The fraction of sp³-hybridized carbons (Fsp3) is 0.458. The van der Waals surface area contributed by atoms with E-state index in [1.165, 1.54) is 4.90 Å². The van der Waals surface area contributed by atoms with Crippen molar-refractivity contribution in [1.29, 1.82) is 0 Å². The van der Waals surface area contributed by atoms with E-state index in [-0.39, 0.29) is 102 Å². The van der Waals surface area contributed by atoms with Crippen molar-refractivity contribution < 1.29 is 63.0 Å². The number of hydrogen-bond donors (Lipinski definition) is 18. The molecule has 0 radical (unpaired) electrons. The molecule has 0 spiro atoms. The molecule has 26 N–H and O–H groups in total. The number of nitrogens with one attached hydrogen (secondary N) is 8. The van der Waals surface area contributed by atoms with Crippen LogP contribution in [0, 0.1) is 0 Å². The molecule has 1 aliphatic heterocycles. The summed E-state index contributed by atoms with van der Waals surface area (Å²) in [5.74, 6) is -11.0. The lowest BCUT2D eigenvalue weighted by molar-refractivity contribution is -0.142. The molecular formula is C59H86N20O13. The van der Waals surface area contributed by atoms with E-state index in [1.807, 2.05) is 0 Å². The van der Waals surface area contributed by atoms with E-state index in [1.54, 1.807) is 91.0 Å². The van der Waals surface area contributed by atoms with Crippen LogP contribution in [0.2, 0.25) is 0 Å². The Morgan fingerprint density at radius 1 is 0.489 bits per heavy atom. The first-order chi connectivity index (χ1) is 43.8. The normalized spacial score (nSPS) is 15.1. The van der Waals surface area contributed by atoms with Crippen molar-refractivity contribution in [2.24, 2.45) is 60.8 Å². The van der Waals surface area contributed by atoms with Gasteiger partial charge in [-0.05, 0) is 68.1 Å². The highest BCUT2D eigenvalue weighted by Gasteiger charge is 2.40. The maximum atomic E-state index is 14.4. The van der Waals surface area contributed by atoms with Gasteiger partial charge < -0.3 is 104 Å². The highest BCUT2D eigenvalue weighted by molar-refractivity contribution is 5.99. The van der Waals surface area contributed by atoms with E-state index in [9.17, 15) is 63.0 Å². The molecule has 1 aliphatic rings. The molecule has 1 fully saturated rings. The second-order valence-electron chi connectivity index (χ2n) is 21.6. The van der Waals surface area contributed by atoms with Crippen molar-refractivity contribution in [3.8, 4) is 0 Å². The number of hydrogen-bond acceptors (Lipinski definition) is 16. The first kappa shape index (κ1) is 74.0. The van der Waals surface area contributed by atoms with Gasteiger partial charge in [0, 0.05) is 45.4 Å². The molecule has 0 saturated carbocycles. The fourth-order valence-electron chi connectivity index (χ4n) is 9.63. The van der Waals surface area contributed by atoms with Crippen LogP contribution < -0.4 is 88.4 Å². The van der Waals surface area contributed by atoms with Gasteiger partial charge in [-0.15, -0.1) is 0 Å². The van der Waals surface area contributed by atoms with Crippen LogP contribution in [0.25, 0.3) is 0 Å². The Bertz CT molecular complexity index is 3060. The van der Waals surface area contributed by atoms with Gasteiger partial charge in [0.1, 0.15) is 48.3 Å². The highest BCUT2D eigenvalue weighted by Crippen LogP contribution is 2.21. The lowest BCUT2D eigenvalue weighted by Crippen LogP contribution is -2.60. The molecule has 9 unspecified atom stereocenters. The van der Waals surface area contributed by atoms with E-state index in [0.717, 1.165) is 0 Å². The smallest absolute Gasteiger partial charge is 0.326 e. The summed E-state index contributed by atoms with van der Waals surface area (Å²) in [7, 11) is 0. The third-order valence-electron chi connectivity index (χ3n) is 14.3. The molecule has 1 saturated heterocycles. The Hall–Kier alpha value is -10.4. The number of carbonyl (C=O) groups is 11. The number of nitrogens with two attached hydrogens (primary N) is 8. The summed E-state index contributed by atoms with van der Waals surface area (Å²) in [4.78, 5) is 163. The minimum absolute atomic E-state index is 0.0245. The molecule has 33 nitrogen and oxygen atoms in total. The number of benzene rings is 3. The predicted molar refractivity (Wildman–Crippen MR) is 338 cm³/mol. The van der Waals surface area contributed by atoms with E-state index in [0.29, 0.717) is 29.5 Å². The number of carboxylic acids is 1. The standard InChI is InChI=1S/C59H86N20O13/c60-37(20-10-24-68-57(62)63)48(83)73-38(21-11-25-69-58(64)65)55(90)79-27-13-23-45(79)54(89)77-43(31-46(61)81)49(84)71-32-47(82)72-40(28-34-14-4-1-5-15-34)50(85)78-44(33-80)53(88)76-42(30-36-18-8-3-9-19-36)52(87)75-41(29-35-16-6-2-7-17-35)51(86)74-39(56(91)92)22-12-26-70-59(66)67/h1-9,14-19,37-45,80H,10-13,20-33,60H2,(H2,61,81)(H,71,84)(H,72,82)(H,73,83)(H,74,86)(H,75,87)(H,76,88)(H,77,89)(H,78,85)(H,91,92)(H4,62,63,68)(H4,64,65,69)(H4,66,67,70). The molecule has 92 heavy (non-hydrogen) atoms. The third-order valence-corrected chi connectivity index (χ3v) is 14.3. The number of carbonyl (C=O) groups excluding carboxylic acids is 10. The molecule has 500 valence electrons. The summed E-state index contributed by atoms with van der Waals surface area (Å²) in [6.45, 7) is -1.45. The number of aliphatic carboxylic acids is 1. The number of rotatable bonds is 39. The first-order valence-electron chi connectivity index (χ1n) is 29.7. The zero-order chi connectivity index (χ0) is 67.7. The number of guanidine groups is 3. The SMILES string of the molecule is NC(=O)CC(NC(=O)C1CCCN1C(=O)C(CCCN=C(N)N)NC(=O)C(N)CCCN=C(N)N)C(=O)NCC(=O)NC(Cc1ccccc1)C(=O)NC(CO)C(=O)NC(Cc1ccccc1)C(=O)NC(Cc1ccccc1)C(=O)NC(CCCN=C(N)N)C(=O)O. The molecule has 3 aromatic carbocycles. The zero-order valence-electron chi connectivity index (χ0n) is 50.9. The summed E-state index contributed by atoms with van der Waals surface area (Å²) in [6, 6.07) is 12.4. The minimum Gasteiger partial charge on any atom is -0.480 e. The Morgan fingerprint density at radius 3 is 1.33 bits per heavy atom. The Balaban J connectivity index is 1.49. The van der Waals surface area contributed by atoms with Gasteiger partial charge in [0.05, 0.1) is 25.6 Å². The number of aliphatic hydroxyl groups excluding tert-OH is 1. The van der Waals surface area contributed by atoms with Crippen molar-refractivity contribution in [1.82, 2.24) is 47.4 Å². The predicted octanol–water partition coefficient (Wildman–Crippen LogP) is -6.34. The maximum absolute atomic E-state index is 14.4. The maximum Gasteiger partial charge on any atom is 0.326 e. The van der Waals surface area contributed by atoms with Crippen LogP contribution in [0.1, 0.15) is 74.5 Å². The van der Waals surface area contributed by atoms with Crippen LogP contribution in [0.3, 0.4) is 0 Å². The van der Waals surface area contributed by atoms with E-state index in [2.05, 4.69) is 57.5 Å². The lowest BCUT2D eigenvalue weighted by Gasteiger charge is -2.30. The molecule has 9 atom stereocenters. The molecular weight excluding hydrogens is 1200 g/mol. The summed E-state index contributed by atoms with van der Waals surface area (Å²) >= 11 is 0. The van der Waals surface area contributed by atoms with E-state index >= 15 is 0 Å². The van der Waals surface area contributed by atoms with Crippen LogP contribution in [-0.2, 0) is 72.0 Å². The minimum atomic E-state index is -1.77. The average Bonchev–Trinajstić information content (AvgIpc) is 1.68. The number of nitrogens with zero attached hydrogens (tertiary/aromatic N) is 4. The van der Waals surface area contributed by atoms with Crippen LogP contribution in [0.15, 0.2) is 106 Å². The third kappa shape index (κ3) is 26.7. The number of amides is 10. The van der Waals surface area contributed by atoms with Crippen molar-refractivity contribution >= 4 is 82.9 Å². The quantitative estimate of drug-likeness (QED) is 0.0143. The summed E-state index contributed by atoms with van der Waals surface area (Å²) < 4.78 is 0. The van der Waals surface area contributed by atoms with Crippen LogP contribution in [0.5, 0.6) is 0 Å². The van der Waals surface area contributed by atoms with Crippen LogP contribution >= 0.6 is 0 Å². The van der Waals surface area contributed by atoms with Crippen molar-refractivity contribution in [3.63, 3.8) is 0 Å². The number of likely N-dealkylation sites (tertiary alicyclic amines) is 1. The fourth-order valence-corrected chi connectivity index (χ4v) is 9.63.